The Morgan fingerprint density at radius 2 is 2.05 bits per heavy atom. The largest absolute Gasteiger partial charge is 0.370 e. The highest BCUT2D eigenvalue weighted by Crippen LogP contribution is 2.27. The van der Waals surface area contributed by atoms with Crippen molar-refractivity contribution in [1.82, 2.24) is 5.32 Å². The summed E-state index contributed by atoms with van der Waals surface area (Å²) in [6.45, 7) is 9.90. The second-order valence-electron chi connectivity index (χ2n) is 5.62. The van der Waals surface area contributed by atoms with Crippen LogP contribution in [0.1, 0.15) is 38.7 Å². The van der Waals surface area contributed by atoms with Crippen LogP contribution in [0, 0.1) is 6.92 Å². The van der Waals surface area contributed by atoms with Crippen molar-refractivity contribution in [3.63, 3.8) is 0 Å². The lowest BCUT2D eigenvalue weighted by molar-refractivity contribution is 0.321. The van der Waals surface area contributed by atoms with Gasteiger partial charge in [0.25, 0.3) is 0 Å². The van der Waals surface area contributed by atoms with E-state index in [0.717, 1.165) is 30.2 Å². The summed E-state index contributed by atoms with van der Waals surface area (Å²) < 4.78 is 0. The zero-order chi connectivity index (χ0) is 13.9. The normalized spacial score (nSPS) is 19.3. The van der Waals surface area contributed by atoms with Gasteiger partial charge in [-0.25, -0.2) is 0 Å². The molecular weight excluding hydrogens is 256 g/mol. The maximum absolute atomic E-state index is 6.27. The molecule has 0 aromatic heterocycles. The van der Waals surface area contributed by atoms with Crippen molar-refractivity contribution < 1.29 is 0 Å². The minimum atomic E-state index is 0.244. The van der Waals surface area contributed by atoms with Gasteiger partial charge in [-0.05, 0) is 50.4 Å². The molecule has 1 fully saturated rings. The van der Waals surface area contributed by atoms with Gasteiger partial charge in [0, 0.05) is 29.3 Å². The third kappa shape index (κ3) is 3.24. The summed E-state index contributed by atoms with van der Waals surface area (Å²) in [6.07, 6.45) is 3.52. The molecule has 0 radical (unpaired) electrons. The minimum Gasteiger partial charge on any atom is -0.370 e. The SMILES string of the molecule is CCC1(CC)CN(c2ccc(C)c(Cl)c2)CCCN1. The van der Waals surface area contributed by atoms with Crippen LogP contribution in [-0.2, 0) is 0 Å². The summed E-state index contributed by atoms with van der Waals surface area (Å²) in [5.74, 6) is 0. The highest BCUT2D eigenvalue weighted by atomic mass is 35.5. The summed E-state index contributed by atoms with van der Waals surface area (Å²) in [5, 5.41) is 4.61. The van der Waals surface area contributed by atoms with Crippen molar-refractivity contribution in [2.45, 2.75) is 45.6 Å². The first-order chi connectivity index (χ1) is 9.10. The molecule has 0 aliphatic carbocycles. The van der Waals surface area contributed by atoms with Crippen molar-refractivity contribution in [1.29, 1.82) is 0 Å². The van der Waals surface area contributed by atoms with E-state index in [0.29, 0.717) is 0 Å². The van der Waals surface area contributed by atoms with E-state index in [9.17, 15) is 0 Å². The first-order valence-corrected chi connectivity index (χ1v) is 7.74. The fourth-order valence-corrected chi connectivity index (χ4v) is 3.02. The molecule has 1 aliphatic rings. The quantitative estimate of drug-likeness (QED) is 0.900. The molecule has 0 spiro atoms. The second-order valence-corrected chi connectivity index (χ2v) is 6.03. The number of hydrogen-bond acceptors (Lipinski definition) is 2. The van der Waals surface area contributed by atoms with Gasteiger partial charge in [-0.1, -0.05) is 31.5 Å². The molecule has 1 aromatic rings. The smallest absolute Gasteiger partial charge is 0.0455 e. The summed E-state index contributed by atoms with van der Waals surface area (Å²) in [6, 6.07) is 6.43. The first-order valence-electron chi connectivity index (χ1n) is 7.36. The van der Waals surface area contributed by atoms with Crippen LogP contribution in [0.3, 0.4) is 0 Å². The van der Waals surface area contributed by atoms with Gasteiger partial charge in [-0.15, -0.1) is 0 Å². The molecule has 1 aliphatic heterocycles. The molecule has 0 saturated carbocycles. The Kier molecular flexibility index (Phi) is 4.75. The summed E-state index contributed by atoms with van der Waals surface area (Å²) in [5.41, 5.74) is 2.65. The molecule has 0 unspecified atom stereocenters. The molecular formula is C16H25ClN2. The van der Waals surface area contributed by atoms with E-state index < -0.39 is 0 Å². The van der Waals surface area contributed by atoms with Crippen molar-refractivity contribution >= 4 is 17.3 Å². The predicted octanol–water partition coefficient (Wildman–Crippen LogP) is 4.01. The van der Waals surface area contributed by atoms with Gasteiger partial charge < -0.3 is 10.2 Å². The van der Waals surface area contributed by atoms with Crippen LogP contribution in [0.5, 0.6) is 0 Å². The maximum atomic E-state index is 6.27. The number of anilines is 1. The second kappa shape index (κ2) is 6.15. The van der Waals surface area contributed by atoms with E-state index >= 15 is 0 Å². The van der Waals surface area contributed by atoms with Crippen LogP contribution >= 0.6 is 11.6 Å². The van der Waals surface area contributed by atoms with Gasteiger partial charge in [-0.2, -0.15) is 0 Å². The average molecular weight is 281 g/mol. The van der Waals surface area contributed by atoms with Crippen LogP contribution in [0.25, 0.3) is 0 Å². The molecule has 0 bridgehead atoms. The molecule has 1 aromatic carbocycles. The lowest BCUT2D eigenvalue weighted by Gasteiger charge is -2.36. The maximum Gasteiger partial charge on any atom is 0.0455 e. The molecule has 1 N–H and O–H groups in total. The Hall–Kier alpha value is -0.730. The standard InChI is InChI=1S/C16H25ClN2/c1-4-16(5-2)12-19(10-6-9-18-16)14-8-7-13(3)15(17)11-14/h7-8,11,18H,4-6,9-10,12H2,1-3H3. The molecule has 0 atom stereocenters. The average Bonchev–Trinajstić information content (AvgIpc) is 2.65. The Balaban J connectivity index is 2.24. The van der Waals surface area contributed by atoms with Crippen LogP contribution in [0.4, 0.5) is 5.69 Å². The fourth-order valence-electron chi connectivity index (χ4n) is 2.85. The zero-order valence-electron chi connectivity index (χ0n) is 12.3. The Bertz CT molecular complexity index is 427. The van der Waals surface area contributed by atoms with Crippen molar-refractivity contribution in [3.05, 3.63) is 28.8 Å². The minimum absolute atomic E-state index is 0.244. The number of nitrogens with one attached hydrogen (secondary N) is 1. The topological polar surface area (TPSA) is 15.3 Å². The zero-order valence-corrected chi connectivity index (χ0v) is 13.1. The van der Waals surface area contributed by atoms with Crippen molar-refractivity contribution in [2.75, 3.05) is 24.5 Å². The van der Waals surface area contributed by atoms with Gasteiger partial charge in [0.15, 0.2) is 0 Å². The number of rotatable bonds is 3. The number of nitrogens with zero attached hydrogens (tertiary/aromatic N) is 1. The predicted molar refractivity (Wildman–Crippen MR) is 84.3 cm³/mol. The summed E-state index contributed by atoms with van der Waals surface area (Å²) in [4.78, 5) is 2.48. The van der Waals surface area contributed by atoms with Crippen molar-refractivity contribution in [3.8, 4) is 0 Å². The molecule has 2 rings (SSSR count). The monoisotopic (exact) mass is 280 g/mol. The van der Waals surface area contributed by atoms with E-state index in [1.54, 1.807) is 0 Å². The van der Waals surface area contributed by atoms with E-state index in [4.69, 9.17) is 11.6 Å². The van der Waals surface area contributed by atoms with Gasteiger partial charge in [-0.3, -0.25) is 0 Å². The highest BCUT2D eigenvalue weighted by Gasteiger charge is 2.30. The number of hydrogen-bond donors (Lipinski definition) is 1. The van der Waals surface area contributed by atoms with E-state index in [-0.39, 0.29) is 5.54 Å². The number of benzene rings is 1. The number of halogens is 1. The van der Waals surface area contributed by atoms with Gasteiger partial charge in [0.05, 0.1) is 0 Å². The summed E-state index contributed by atoms with van der Waals surface area (Å²) in [7, 11) is 0. The van der Waals surface area contributed by atoms with Crippen molar-refractivity contribution in [2.24, 2.45) is 0 Å². The lowest BCUT2D eigenvalue weighted by atomic mass is 9.92. The van der Waals surface area contributed by atoms with Crippen LogP contribution in [0.15, 0.2) is 18.2 Å². The molecule has 2 nitrogen and oxygen atoms in total. The third-order valence-electron chi connectivity index (χ3n) is 4.47. The summed E-state index contributed by atoms with van der Waals surface area (Å²) >= 11 is 6.27. The van der Waals surface area contributed by atoms with Crippen LogP contribution in [-0.4, -0.2) is 25.2 Å². The number of aryl methyl sites for hydroxylation is 1. The first kappa shape index (κ1) is 14.7. The molecule has 19 heavy (non-hydrogen) atoms. The Morgan fingerprint density at radius 1 is 1.32 bits per heavy atom. The Labute approximate surface area is 122 Å². The fraction of sp³-hybridized carbons (Fsp3) is 0.625. The van der Waals surface area contributed by atoms with Gasteiger partial charge >= 0.3 is 0 Å². The lowest BCUT2D eigenvalue weighted by Crippen LogP contribution is -2.50. The van der Waals surface area contributed by atoms with E-state index in [1.807, 2.05) is 0 Å². The Morgan fingerprint density at radius 3 is 2.68 bits per heavy atom. The molecule has 1 saturated heterocycles. The highest BCUT2D eigenvalue weighted by molar-refractivity contribution is 6.31. The van der Waals surface area contributed by atoms with E-state index in [2.05, 4.69) is 49.2 Å². The van der Waals surface area contributed by atoms with E-state index in [1.165, 1.54) is 24.9 Å². The molecule has 106 valence electrons. The molecule has 3 heteroatoms. The molecule has 0 amide bonds. The third-order valence-corrected chi connectivity index (χ3v) is 4.88. The van der Waals surface area contributed by atoms with Crippen LogP contribution < -0.4 is 10.2 Å². The van der Waals surface area contributed by atoms with Gasteiger partial charge in [0.2, 0.25) is 0 Å². The molecule has 1 heterocycles. The van der Waals surface area contributed by atoms with Gasteiger partial charge in [0.1, 0.15) is 0 Å². The van der Waals surface area contributed by atoms with Crippen LogP contribution in [0.2, 0.25) is 5.02 Å².